The number of carbonyl (C=O) groups excluding carboxylic acids is 1. The van der Waals surface area contributed by atoms with Gasteiger partial charge >= 0.3 is 0 Å². The maximum atomic E-state index is 14.0. The summed E-state index contributed by atoms with van der Waals surface area (Å²) >= 11 is 6.01. The second-order valence-corrected chi connectivity index (χ2v) is 9.62. The van der Waals surface area contributed by atoms with Crippen LogP contribution in [0.2, 0.25) is 5.02 Å². The number of nitrogens with one attached hydrogen (secondary N) is 1. The Morgan fingerprint density at radius 1 is 1.20 bits per heavy atom. The van der Waals surface area contributed by atoms with E-state index in [1.807, 2.05) is 48.5 Å². The molecule has 0 unspecified atom stereocenters. The van der Waals surface area contributed by atoms with E-state index in [0.29, 0.717) is 40.8 Å². The van der Waals surface area contributed by atoms with Gasteiger partial charge in [0.25, 0.3) is 5.91 Å². The minimum Gasteiger partial charge on any atom is -0.494 e. The third-order valence-corrected chi connectivity index (χ3v) is 6.75. The second-order valence-electron chi connectivity index (χ2n) is 9.18. The van der Waals surface area contributed by atoms with E-state index in [-0.39, 0.29) is 32.0 Å². The smallest absolute Gasteiger partial charge is 0.252 e. The maximum absolute atomic E-state index is 14.0. The van der Waals surface area contributed by atoms with Crippen LogP contribution < -0.4 is 10.1 Å². The molecule has 1 aliphatic rings. The summed E-state index contributed by atoms with van der Waals surface area (Å²) in [6.45, 7) is 4.72. The van der Waals surface area contributed by atoms with Gasteiger partial charge in [-0.25, -0.2) is 4.99 Å². The summed E-state index contributed by atoms with van der Waals surface area (Å²) < 4.78 is 12.1. The molecule has 0 bridgehead atoms. The average molecular weight is 560 g/mol. The zero-order valence-corrected chi connectivity index (χ0v) is 22.6. The van der Waals surface area contributed by atoms with E-state index in [2.05, 4.69) is 21.9 Å². The van der Waals surface area contributed by atoms with Gasteiger partial charge in [-0.1, -0.05) is 59.2 Å². The molecule has 0 radical (unpaired) electrons. The summed E-state index contributed by atoms with van der Waals surface area (Å²) in [5.41, 5.74) is 10.5. The minimum atomic E-state index is -1.37. The van der Waals surface area contributed by atoms with Crippen molar-refractivity contribution in [3.8, 4) is 5.75 Å². The van der Waals surface area contributed by atoms with Crippen LogP contribution in [0.4, 0.5) is 0 Å². The highest BCUT2D eigenvalue weighted by atomic mass is 35.5. The molecule has 0 spiro atoms. The summed E-state index contributed by atoms with van der Waals surface area (Å²) in [7, 11) is 0. The average Bonchev–Trinajstić information content (AvgIpc) is 3.36. The summed E-state index contributed by atoms with van der Waals surface area (Å²) in [5, 5.41) is 16.4. The lowest BCUT2D eigenvalue weighted by molar-refractivity contribution is -0.129. The van der Waals surface area contributed by atoms with Gasteiger partial charge in [0, 0.05) is 41.5 Å². The Morgan fingerprint density at radius 2 is 1.95 bits per heavy atom. The highest BCUT2D eigenvalue weighted by molar-refractivity contribution is 6.30. The topological polar surface area (TPSA) is 129 Å². The first-order valence-corrected chi connectivity index (χ1v) is 13.2. The van der Waals surface area contributed by atoms with Gasteiger partial charge in [0.1, 0.15) is 5.75 Å². The van der Waals surface area contributed by atoms with Gasteiger partial charge in [0.15, 0.2) is 11.6 Å². The Hall–Kier alpha value is -4.30. The van der Waals surface area contributed by atoms with Crippen LogP contribution in [-0.4, -0.2) is 35.7 Å². The number of aliphatic hydroxyl groups is 1. The lowest BCUT2D eigenvalue weighted by Gasteiger charge is -2.30. The third kappa shape index (κ3) is 6.63. The lowest BCUT2D eigenvalue weighted by atomic mass is 9.82. The predicted molar refractivity (Wildman–Crippen MR) is 154 cm³/mol. The number of benzene rings is 3. The Labute approximate surface area is 237 Å². The summed E-state index contributed by atoms with van der Waals surface area (Å²) in [6.07, 6.45) is 1.57. The fraction of sp³-hybridized carbons (Fsp3) is 0.267. The van der Waals surface area contributed by atoms with Crippen molar-refractivity contribution < 1.29 is 19.4 Å². The molecule has 0 fully saturated rings. The van der Waals surface area contributed by atoms with Gasteiger partial charge in [-0.2, -0.15) is 0 Å². The summed E-state index contributed by atoms with van der Waals surface area (Å²) in [6, 6.07) is 21.8. The van der Waals surface area contributed by atoms with Crippen LogP contribution in [-0.2, 0) is 22.6 Å². The van der Waals surface area contributed by atoms with Crippen molar-refractivity contribution in [1.29, 1.82) is 0 Å². The molecule has 40 heavy (non-hydrogen) atoms. The number of aliphatic hydroxyl groups excluding tert-OH is 1. The molecule has 206 valence electrons. The Bertz CT molecular complexity index is 1400. The molecule has 0 aliphatic carbocycles. The number of hydrogen-bond acceptors (Lipinski definition) is 6. The zero-order chi connectivity index (χ0) is 28.4. The predicted octanol–water partition coefficient (Wildman–Crippen LogP) is 6.06. The number of nitrogens with zero attached hydrogens (tertiary/aromatic N) is 4. The monoisotopic (exact) mass is 559 g/mol. The van der Waals surface area contributed by atoms with Crippen LogP contribution in [0.3, 0.4) is 0 Å². The third-order valence-electron chi connectivity index (χ3n) is 6.49. The highest BCUT2D eigenvalue weighted by Crippen LogP contribution is 2.44. The van der Waals surface area contributed by atoms with Crippen molar-refractivity contribution in [2.75, 3.05) is 13.2 Å². The van der Waals surface area contributed by atoms with Crippen molar-refractivity contribution in [2.45, 2.75) is 37.6 Å². The van der Waals surface area contributed by atoms with Crippen molar-refractivity contribution in [1.82, 2.24) is 5.32 Å². The maximum Gasteiger partial charge on any atom is 0.252 e. The Balaban J connectivity index is 1.71. The van der Waals surface area contributed by atoms with E-state index in [1.165, 1.54) is 0 Å². The molecule has 0 aromatic heterocycles. The number of hydrogen-bond donors (Lipinski definition) is 2. The van der Waals surface area contributed by atoms with Gasteiger partial charge in [0.2, 0.25) is 5.90 Å². The standard InChI is InChI=1S/C30H30ClN5O4/c1-2-16-30(29(38)33-19-21-8-12-24(31)13-9-21)27(26-7-4-3-6-23(26)20-34-36-32)40-28(35-30)22-10-14-25(15-11-22)39-18-5-17-37/h2-4,6-15,27,37H,1,5,16-20H2,(H,33,38)/t27-,30-/m1/s1. The molecule has 4 rings (SSSR count). The largest absolute Gasteiger partial charge is 0.494 e. The number of carbonyl (C=O) groups is 1. The molecular weight excluding hydrogens is 530 g/mol. The highest BCUT2D eigenvalue weighted by Gasteiger charge is 2.52. The van der Waals surface area contributed by atoms with Crippen molar-refractivity contribution in [3.05, 3.63) is 123 Å². The summed E-state index contributed by atoms with van der Waals surface area (Å²) in [4.78, 5) is 21.8. The van der Waals surface area contributed by atoms with E-state index >= 15 is 0 Å². The molecule has 2 atom stereocenters. The fourth-order valence-electron chi connectivity index (χ4n) is 4.49. The SMILES string of the molecule is C=CC[C@@]1(C(=O)NCc2ccc(Cl)cc2)N=C(c2ccc(OCCCO)cc2)O[C@@H]1c1ccccc1CN=[N+]=[N-]. The van der Waals surface area contributed by atoms with E-state index in [9.17, 15) is 4.79 Å². The molecule has 1 amide bonds. The molecule has 9 nitrogen and oxygen atoms in total. The molecule has 3 aromatic carbocycles. The van der Waals surface area contributed by atoms with Gasteiger partial charge in [-0.3, -0.25) is 4.79 Å². The summed E-state index contributed by atoms with van der Waals surface area (Å²) in [5.74, 6) is 0.615. The van der Waals surface area contributed by atoms with E-state index in [1.54, 1.807) is 30.3 Å². The normalized spacial score (nSPS) is 17.8. The Kier molecular flexibility index (Phi) is 9.81. The lowest BCUT2D eigenvalue weighted by Crippen LogP contribution is -2.48. The van der Waals surface area contributed by atoms with Crippen LogP contribution in [0.5, 0.6) is 5.75 Å². The van der Waals surface area contributed by atoms with Gasteiger partial charge in [-0.05, 0) is 58.6 Å². The van der Waals surface area contributed by atoms with Gasteiger partial charge in [-0.15, -0.1) is 6.58 Å². The first-order chi connectivity index (χ1) is 19.5. The Morgan fingerprint density at radius 3 is 2.65 bits per heavy atom. The number of aliphatic imine (C=N–C) groups is 1. The molecule has 0 saturated heterocycles. The fourth-order valence-corrected chi connectivity index (χ4v) is 4.62. The van der Waals surface area contributed by atoms with Crippen LogP contribution in [0.15, 0.2) is 95.6 Å². The van der Waals surface area contributed by atoms with E-state index < -0.39 is 11.6 Å². The number of amides is 1. The van der Waals surface area contributed by atoms with E-state index in [4.69, 9.17) is 36.7 Å². The van der Waals surface area contributed by atoms with Crippen LogP contribution in [0.1, 0.15) is 41.2 Å². The van der Waals surface area contributed by atoms with E-state index in [0.717, 1.165) is 11.1 Å². The first kappa shape index (κ1) is 28.7. The molecular formula is C30H30ClN5O4. The minimum absolute atomic E-state index is 0.0523. The molecule has 10 heteroatoms. The number of halogens is 1. The molecule has 1 aliphatic heterocycles. The molecule has 0 saturated carbocycles. The van der Waals surface area contributed by atoms with Crippen molar-refractivity contribution >= 4 is 23.4 Å². The van der Waals surface area contributed by atoms with Gasteiger partial charge < -0.3 is 19.9 Å². The van der Waals surface area contributed by atoms with Crippen LogP contribution in [0, 0.1) is 0 Å². The molecule has 1 heterocycles. The molecule has 3 aromatic rings. The van der Waals surface area contributed by atoms with Crippen LogP contribution >= 0.6 is 11.6 Å². The number of azide groups is 1. The zero-order valence-electron chi connectivity index (χ0n) is 21.9. The van der Waals surface area contributed by atoms with Gasteiger partial charge in [0.05, 0.1) is 13.2 Å². The number of rotatable bonds is 13. The first-order valence-electron chi connectivity index (χ1n) is 12.8. The van der Waals surface area contributed by atoms with Crippen LogP contribution in [0.25, 0.3) is 10.4 Å². The molecule has 2 N–H and O–H groups in total. The number of ether oxygens (including phenoxy) is 2. The van der Waals surface area contributed by atoms with Crippen molar-refractivity contribution in [2.24, 2.45) is 10.1 Å². The van der Waals surface area contributed by atoms with Crippen molar-refractivity contribution in [3.63, 3.8) is 0 Å². The second kappa shape index (κ2) is 13.7. The quantitative estimate of drug-likeness (QED) is 0.0866.